The van der Waals surface area contributed by atoms with E-state index in [0.29, 0.717) is 18.0 Å². The van der Waals surface area contributed by atoms with E-state index < -0.39 is 6.09 Å². The molecule has 0 aliphatic carbocycles. The van der Waals surface area contributed by atoms with Crippen LogP contribution < -0.4 is 5.32 Å². The van der Waals surface area contributed by atoms with Gasteiger partial charge in [-0.05, 0) is 29.3 Å². The number of rotatable bonds is 10. The number of hydrogen-bond acceptors (Lipinski definition) is 4. The second-order valence-corrected chi connectivity index (χ2v) is 7.25. The molecule has 3 aromatic rings. The number of amides is 1. The van der Waals surface area contributed by atoms with Crippen molar-refractivity contribution in [1.82, 2.24) is 10.3 Å². The van der Waals surface area contributed by atoms with Crippen molar-refractivity contribution in [2.75, 3.05) is 6.54 Å². The fourth-order valence-electron chi connectivity index (χ4n) is 3.38. The summed E-state index contributed by atoms with van der Waals surface area (Å²) in [6.07, 6.45) is 8.17. The molecule has 5 heteroatoms. The van der Waals surface area contributed by atoms with Crippen molar-refractivity contribution in [2.24, 2.45) is 5.16 Å². The summed E-state index contributed by atoms with van der Waals surface area (Å²) in [6, 6.07) is 19.6. The normalized spacial score (nSPS) is 11.4. The Hall–Kier alpha value is -3.21. The average molecular weight is 404 g/mol. The Balaban J connectivity index is 1.69. The van der Waals surface area contributed by atoms with Crippen LogP contribution in [-0.4, -0.2) is 23.3 Å². The second-order valence-electron chi connectivity index (χ2n) is 7.25. The molecule has 3 rings (SSSR count). The van der Waals surface area contributed by atoms with Gasteiger partial charge in [0.2, 0.25) is 0 Å². The number of carbonyl (C=O) groups is 1. The summed E-state index contributed by atoms with van der Waals surface area (Å²) in [4.78, 5) is 21.8. The van der Waals surface area contributed by atoms with Crippen molar-refractivity contribution in [1.29, 1.82) is 0 Å². The van der Waals surface area contributed by atoms with Crippen molar-refractivity contribution >= 4 is 22.6 Å². The highest BCUT2D eigenvalue weighted by Crippen LogP contribution is 2.21. The van der Waals surface area contributed by atoms with E-state index >= 15 is 0 Å². The van der Waals surface area contributed by atoms with Crippen LogP contribution in [0.5, 0.6) is 0 Å². The number of nitrogens with zero attached hydrogens (tertiary/aromatic N) is 2. The minimum atomic E-state index is -0.544. The first-order chi connectivity index (χ1) is 14.8. The summed E-state index contributed by atoms with van der Waals surface area (Å²) >= 11 is 0. The van der Waals surface area contributed by atoms with Crippen LogP contribution in [0, 0.1) is 0 Å². The number of nitrogens with one attached hydrogen (secondary N) is 1. The Morgan fingerprint density at radius 3 is 2.53 bits per heavy atom. The highest BCUT2D eigenvalue weighted by molar-refractivity contribution is 6.18. The second kappa shape index (κ2) is 11.7. The average Bonchev–Trinajstić information content (AvgIpc) is 2.79. The van der Waals surface area contributed by atoms with Gasteiger partial charge in [0.1, 0.15) is 5.71 Å². The van der Waals surface area contributed by atoms with Gasteiger partial charge in [0, 0.05) is 18.3 Å². The summed E-state index contributed by atoms with van der Waals surface area (Å²) < 4.78 is 0. The Kier molecular flexibility index (Phi) is 8.39. The van der Waals surface area contributed by atoms with E-state index in [4.69, 9.17) is 4.84 Å². The molecular weight excluding hydrogens is 374 g/mol. The van der Waals surface area contributed by atoms with Crippen LogP contribution in [0.15, 0.2) is 72.0 Å². The third kappa shape index (κ3) is 6.14. The molecule has 156 valence electrons. The van der Waals surface area contributed by atoms with E-state index in [0.717, 1.165) is 29.2 Å². The van der Waals surface area contributed by atoms with Gasteiger partial charge in [0.15, 0.2) is 0 Å². The summed E-state index contributed by atoms with van der Waals surface area (Å²) in [5.74, 6) is 0. The number of carbonyl (C=O) groups excluding carboxylic acids is 1. The number of fused-ring (bicyclic) bond motifs is 1. The summed E-state index contributed by atoms with van der Waals surface area (Å²) in [5.41, 5.74) is 2.05. The van der Waals surface area contributed by atoms with Crippen LogP contribution >= 0.6 is 0 Å². The Labute approximate surface area is 178 Å². The van der Waals surface area contributed by atoms with Gasteiger partial charge in [-0.2, -0.15) is 0 Å². The van der Waals surface area contributed by atoms with Crippen molar-refractivity contribution < 1.29 is 9.63 Å². The quantitative estimate of drug-likeness (QED) is 0.193. The maximum atomic E-state index is 12.1. The molecule has 1 heterocycles. The van der Waals surface area contributed by atoms with Crippen molar-refractivity contribution in [3.63, 3.8) is 0 Å². The molecule has 1 aromatic heterocycles. The first-order valence-corrected chi connectivity index (χ1v) is 10.7. The molecule has 0 spiro atoms. The molecule has 0 fully saturated rings. The zero-order valence-corrected chi connectivity index (χ0v) is 17.5. The van der Waals surface area contributed by atoms with Crippen LogP contribution in [0.2, 0.25) is 0 Å². The predicted octanol–water partition coefficient (Wildman–Crippen LogP) is 6.07. The van der Waals surface area contributed by atoms with E-state index in [9.17, 15) is 4.79 Å². The van der Waals surface area contributed by atoms with Crippen LogP contribution in [0.3, 0.4) is 0 Å². The minimum Gasteiger partial charge on any atom is -0.320 e. The van der Waals surface area contributed by atoms with E-state index in [2.05, 4.69) is 22.4 Å². The maximum Gasteiger partial charge on any atom is 0.433 e. The molecule has 0 aliphatic rings. The van der Waals surface area contributed by atoms with E-state index in [1.807, 2.05) is 60.7 Å². The molecule has 0 unspecified atom stereocenters. The molecule has 0 radical (unpaired) electrons. The Morgan fingerprint density at radius 1 is 0.933 bits per heavy atom. The zero-order chi connectivity index (χ0) is 21.0. The number of aromatic nitrogens is 1. The topological polar surface area (TPSA) is 63.6 Å². The first kappa shape index (κ1) is 21.5. The SMILES string of the molecule is CCCCCCCCNC(=O)ON=C(c1ccccn1)c1cccc2ccccc12. The Bertz CT molecular complexity index is 965. The molecule has 1 amide bonds. The third-order valence-electron chi connectivity index (χ3n) is 4.97. The fraction of sp³-hybridized carbons (Fsp3) is 0.320. The molecule has 5 nitrogen and oxygen atoms in total. The highest BCUT2D eigenvalue weighted by Gasteiger charge is 2.14. The number of benzene rings is 2. The lowest BCUT2D eigenvalue weighted by Crippen LogP contribution is -2.24. The largest absolute Gasteiger partial charge is 0.433 e. The predicted molar refractivity (Wildman–Crippen MR) is 122 cm³/mol. The van der Waals surface area contributed by atoms with E-state index in [1.165, 1.54) is 25.7 Å². The number of unbranched alkanes of at least 4 members (excludes halogenated alkanes) is 5. The standard InChI is InChI=1S/C25H29N3O2/c1-2-3-4-5-6-10-19-27-25(29)30-28-24(23-17-9-11-18-26-23)22-16-12-14-20-13-7-8-15-21(20)22/h7-9,11-18H,2-6,10,19H2,1H3,(H,27,29). The van der Waals surface area contributed by atoms with Gasteiger partial charge in [0.25, 0.3) is 0 Å². The summed E-state index contributed by atoms with van der Waals surface area (Å²) in [6.45, 7) is 2.79. The lowest BCUT2D eigenvalue weighted by Gasteiger charge is -2.10. The smallest absolute Gasteiger partial charge is 0.320 e. The molecule has 0 bridgehead atoms. The molecule has 0 saturated carbocycles. The minimum absolute atomic E-state index is 0.530. The summed E-state index contributed by atoms with van der Waals surface area (Å²) in [5, 5.41) is 9.09. The van der Waals surface area contributed by atoms with Gasteiger partial charge in [-0.3, -0.25) is 9.82 Å². The number of hydrogen-bond donors (Lipinski definition) is 1. The Morgan fingerprint density at radius 2 is 1.70 bits per heavy atom. The van der Waals surface area contributed by atoms with Crippen LogP contribution in [0.25, 0.3) is 10.8 Å². The molecular formula is C25H29N3O2. The molecule has 1 N–H and O–H groups in total. The maximum absolute atomic E-state index is 12.1. The molecule has 0 saturated heterocycles. The van der Waals surface area contributed by atoms with Crippen molar-refractivity contribution in [2.45, 2.75) is 45.4 Å². The van der Waals surface area contributed by atoms with Gasteiger partial charge < -0.3 is 5.32 Å². The lowest BCUT2D eigenvalue weighted by molar-refractivity contribution is 0.150. The molecule has 30 heavy (non-hydrogen) atoms. The fourth-order valence-corrected chi connectivity index (χ4v) is 3.38. The van der Waals surface area contributed by atoms with Gasteiger partial charge >= 0.3 is 6.09 Å². The molecule has 0 aliphatic heterocycles. The number of pyridine rings is 1. The van der Waals surface area contributed by atoms with E-state index in [1.54, 1.807) is 6.20 Å². The molecule has 2 aromatic carbocycles. The highest BCUT2D eigenvalue weighted by atomic mass is 16.7. The van der Waals surface area contributed by atoms with Crippen molar-refractivity contribution in [3.8, 4) is 0 Å². The number of oxime groups is 1. The monoisotopic (exact) mass is 403 g/mol. The van der Waals surface area contributed by atoms with E-state index in [-0.39, 0.29) is 0 Å². The van der Waals surface area contributed by atoms with Crippen molar-refractivity contribution in [3.05, 3.63) is 78.1 Å². The lowest BCUT2D eigenvalue weighted by atomic mass is 9.99. The summed E-state index contributed by atoms with van der Waals surface area (Å²) in [7, 11) is 0. The van der Waals surface area contributed by atoms with Gasteiger partial charge in [-0.1, -0.05) is 92.7 Å². The van der Waals surface area contributed by atoms with Crippen LogP contribution in [-0.2, 0) is 4.84 Å². The van der Waals surface area contributed by atoms with Gasteiger partial charge in [0.05, 0.1) is 5.69 Å². The van der Waals surface area contributed by atoms with Gasteiger partial charge in [-0.25, -0.2) is 4.79 Å². The van der Waals surface area contributed by atoms with Gasteiger partial charge in [-0.15, -0.1) is 0 Å². The first-order valence-electron chi connectivity index (χ1n) is 10.7. The zero-order valence-electron chi connectivity index (χ0n) is 17.5. The molecule has 0 atom stereocenters. The third-order valence-corrected chi connectivity index (χ3v) is 4.97. The van der Waals surface area contributed by atoms with Crippen LogP contribution in [0.4, 0.5) is 4.79 Å². The van der Waals surface area contributed by atoms with Crippen LogP contribution in [0.1, 0.15) is 56.7 Å².